The Bertz CT molecular complexity index is 524. The molecule has 2 aliphatic heterocycles. The second-order valence-corrected chi connectivity index (χ2v) is 6.82. The molecule has 0 aromatic carbocycles. The number of rotatable bonds is 5. The quantitative estimate of drug-likeness (QED) is 0.894. The van der Waals surface area contributed by atoms with Gasteiger partial charge in [0.1, 0.15) is 0 Å². The van der Waals surface area contributed by atoms with E-state index in [4.69, 9.17) is 4.74 Å². The molecule has 128 valence electrons. The highest BCUT2D eigenvalue weighted by Gasteiger charge is 2.32. The molecule has 3 heterocycles. The number of hydrogen-bond acceptors (Lipinski definition) is 4. The van der Waals surface area contributed by atoms with E-state index in [2.05, 4.69) is 21.8 Å². The van der Waals surface area contributed by atoms with Gasteiger partial charge in [0.2, 0.25) is 5.91 Å². The van der Waals surface area contributed by atoms with E-state index in [0.717, 1.165) is 63.4 Å². The van der Waals surface area contributed by atoms with Crippen LogP contribution in [0.3, 0.4) is 0 Å². The first-order valence-electron chi connectivity index (χ1n) is 8.69. The standard InChI is InChI=1S/C17H28N4O2/c1-13-15(19-12-18-13)11-20-8-5-16(23-2)14(10-20)9-17(22)21-6-3-4-7-21/h12,14,16H,3-11H2,1-2H3,(H,18,19)/t14-,16-/m1/s1. The van der Waals surface area contributed by atoms with Crippen LogP contribution in [0.2, 0.25) is 0 Å². The average Bonchev–Trinajstić information content (AvgIpc) is 3.20. The van der Waals surface area contributed by atoms with Crippen molar-refractivity contribution in [3.63, 3.8) is 0 Å². The summed E-state index contributed by atoms with van der Waals surface area (Å²) in [6.45, 7) is 6.67. The number of nitrogens with one attached hydrogen (secondary N) is 1. The van der Waals surface area contributed by atoms with E-state index in [0.29, 0.717) is 12.3 Å². The smallest absolute Gasteiger partial charge is 0.222 e. The van der Waals surface area contributed by atoms with Crippen molar-refractivity contribution in [2.75, 3.05) is 33.3 Å². The number of piperidine rings is 1. The molecule has 2 saturated heterocycles. The third-order valence-corrected chi connectivity index (χ3v) is 5.25. The first-order valence-corrected chi connectivity index (χ1v) is 8.69. The highest BCUT2D eigenvalue weighted by atomic mass is 16.5. The van der Waals surface area contributed by atoms with Crippen LogP contribution in [0.1, 0.15) is 37.1 Å². The van der Waals surface area contributed by atoms with Gasteiger partial charge in [-0.3, -0.25) is 9.69 Å². The molecule has 0 radical (unpaired) electrons. The summed E-state index contributed by atoms with van der Waals surface area (Å²) in [6, 6.07) is 0. The highest BCUT2D eigenvalue weighted by molar-refractivity contribution is 5.76. The summed E-state index contributed by atoms with van der Waals surface area (Å²) >= 11 is 0. The maximum atomic E-state index is 12.5. The fraction of sp³-hybridized carbons (Fsp3) is 0.765. The number of likely N-dealkylation sites (tertiary alicyclic amines) is 2. The number of ether oxygens (including phenoxy) is 1. The molecule has 2 fully saturated rings. The fourth-order valence-corrected chi connectivity index (χ4v) is 3.81. The third-order valence-electron chi connectivity index (χ3n) is 5.25. The van der Waals surface area contributed by atoms with Crippen molar-refractivity contribution < 1.29 is 9.53 Å². The molecule has 0 aliphatic carbocycles. The maximum absolute atomic E-state index is 12.5. The van der Waals surface area contributed by atoms with Gasteiger partial charge in [0, 0.05) is 57.9 Å². The van der Waals surface area contributed by atoms with Crippen molar-refractivity contribution in [3.05, 3.63) is 17.7 Å². The molecule has 0 bridgehead atoms. The maximum Gasteiger partial charge on any atom is 0.222 e. The van der Waals surface area contributed by atoms with Crippen LogP contribution >= 0.6 is 0 Å². The Morgan fingerprint density at radius 1 is 1.39 bits per heavy atom. The summed E-state index contributed by atoms with van der Waals surface area (Å²) in [5.41, 5.74) is 2.23. The lowest BCUT2D eigenvalue weighted by atomic mass is 9.90. The molecule has 6 nitrogen and oxygen atoms in total. The number of methoxy groups -OCH3 is 1. The molecule has 2 atom stereocenters. The van der Waals surface area contributed by atoms with Gasteiger partial charge < -0.3 is 14.6 Å². The highest BCUT2D eigenvalue weighted by Crippen LogP contribution is 2.25. The number of nitrogens with zero attached hydrogens (tertiary/aromatic N) is 3. The van der Waals surface area contributed by atoms with Crippen molar-refractivity contribution in [1.29, 1.82) is 0 Å². The lowest BCUT2D eigenvalue weighted by Gasteiger charge is -2.38. The van der Waals surface area contributed by atoms with Crippen LogP contribution in [0.5, 0.6) is 0 Å². The number of aromatic nitrogens is 2. The van der Waals surface area contributed by atoms with Crippen molar-refractivity contribution >= 4 is 5.91 Å². The second kappa shape index (κ2) is 7.45. The van der Waals surface area contributed by atoms with Gasteiger partial charge in [-0.05, 0) is 26.2 Å². The van der Waals surface area contributed by atoms with Crippen LogP contribution < -0.4 is 0 Å². The van der Waals surface area contributed by atoms with E-state index < -0.39 is 0 Å². The van der Waals surface area contributed by atoms with Crippen molar-refractivity contribution in [2.45, 2.75) is 45.3 Å². The molecule has 2 aliphatic rings. The third kappa shape index (κ3) is 3.93. The normalized spacial score (nSPS) is 25.9. The summed E-state index contributed by atoms with van der Waals surface area (Å²) in [5, 5.41) is 0. The average molecular weight is 320 g/mol. The van der Waals surface area contributed by atoms with E-state index in [-0.39, 0.29) is 12.0 Å². The lowest BCUT2D eigenvalue weighted by molar-refractivity contribution is -0.133. The van der Waals surface area contributed by atoms with Gasteiger partial charge in [0.15, 0.2) is 0 Å². The number of amides is 1. The van der Waals surface area contributed by atoms with Crippen LogP contribution in [0, 0.1) is 12.8 Å². The van der Waals surface area contributed by atoms with Crippen LogP contribution in [-0.4, -0.2) is 65.1 Å². The Hall–Kier alpha value is -1.40. The number of carbonyl (C=O) groups is 1. The summed E-state index contributed by atoms with van der Waals surface area (Å²) in [6.07, 6.45) is 5.83. The minimum Gasteiger partial charge on any atom is -0.381 e. The summed E-state index contributed by atoms with van der Waals surface area (Å²) < 4.78 is 5.66. The summed E-state index contributed by atoms with van der Waals surface area (Å²) in [7, 11) is 1.77. The molecule has 3 rings (SSSR count). The van der Waals surface area contributed by atoms with E-state index in [1.807, 2.05) is 4.90 Å². The summed E-state index contributed by atoms with van der Waals surface area (Å²) in [5.74, 6) is 0.577. The number of aryl methyl sites for hydroxylation is 1. The molecule has 23 heavy (non-hydrogen) atoms. The Morgan fingerprint density at radius 2 is 2.17 bits per heavy atom. The largest absolute Gasteiger partial charge is 0.381 e. The molecule has 6 heteroatoms. The molecule has 0 unspecified atom stereocenters. The Morgan fingerprint density at radius 3 is 2.83 bits per heavy atom. The van der Waals surface area contributed by atoms with E-state index in [1.54, 1.807) is 13.4 Å². The van der Waals surface area contributed by atoms with Gasteiger partial charge in [-0.1, -0.05) is 0 Å². The first kappa shape index (κ1) is 16.5. The second-order valence-electron chi connectivity index (χ2n) is 6.82. The zero-order valence-corrected chi connectivity index (χ0v) is 14.3. The molecular weight excluding hydrogens is 292 g/mol. The van der Waals surface area contributed by atoms with E-state index in [9.17, 15) is 4.79 Å². The van der Waals surface area contributed by atoms with Gasteiger partial charge >= 0.3 is 0 Å². The fourth-order valence-electron chi connectivity index (χ4n) is 3.81. The minimum absolute atomic E-state index is 0.193. The van der Waals surface area contributed by atoms with Gasteiger partial charge in [-0.15, -0.1) is 0 Å². The van der Waals surface area contributed by atoms with Gasteiger partial charge in [0.05, 0.1) is 18.1 Å². The zero-order valence-electron chi connectivity index (χ0n) is 14.3. The zero-order chi connectivity index (χ0) is 16.2. The Labute approximate surface area is 138 Å². The SMILES string of the molecule is CO[C@@H]1CCN(Cc2nc[nH]c2C)C[C@H]1CC(=O)N1CCCC1. The van der Waals surface area contributed by atoms with E-state index >= 15 is 0 Å². The molecule has 0 saturated carbocycles. The van der Waals surface area contributed by atoms with Gasteiger partial charge in [0.25, 0.3) is 0 Å². The van der Waals surface area contributed by atoms with Crippen LogP contribution in [0.4, 0.5) is 0 Å². The minimum atomic E-state index is 0.193. The first-order chi connectivity index (χ1) is 11.2. The molecule has 0 spiro atoms. The van der Waals surface area contributed by atoms with Crippen LogP contribution in [0.25, 0.3) is 0 Å². The number of carbonyl (C=O) groups excluding carboxylic acids is 1. The predicted octanol–water partition coefficient (Wildman–Crippen LogP) is 1.57. The van der Waals surface area contributed by atoms with Crippen LogP contribution in [0.15, 0.2) is 6.33 Å². The van der Waals surface area contributed by atoms with Gasteiger partial charge in [-0.25, -0.2) is 4.98 Å². The lowest BCUT2D eigenvalue weighted by Crippen LogP contribution is -2.45. The molecule has 1 aromatic rings. The molecule has 1 N–H and O–H groups in total. The van der Waals surface area contributed by atoms with Crippen molar-refractivity contribution in [3.8, 4) is 0 Å². The molecule has 1 amide bonds. The van der Waals surface area contributed by atoms with Gasteiger partial charge in [-0.2, -0.15) is 0 Å². The predicted molar refractivity (Wildman–Crippen MR) is 87.9 cm³/mol. The summed E-state index contributed by atoms with van der Waals surface area (Å²) in [4.78, 5) is 24.4. The molecular formula is C17H28N4O2. The van der Waals surface area contributed by atoms with Crippen molar-refractivity contribution in [1.82, 2.24) is 19.8 Å². The Kier molecular flexibility index (Phi) is 5.33. The topological polar surface area (TPSA) is 61.5 Å². The van der Waals surface area contributed by atoms with E-state index in [1.165, 1.54) is 0 Å². The Balaban J connectivity index is 1.59. The molecule has 1 aromatic heterocycles. The van der Waals surface area contributed by atoms with Crippen LogP contribution in [-0.2, 0) is 16.1 Å². The number of aromatic amines is 1. The van der Waals surface area contributed by atoms with Crippen molar-refractivity contribution in [2.24, 2.45) is 5.92 Å². The number of hydrogen-bond donors (Lipinski definition) is 1. The number of H-pyrrole nitrogens is 1. The number of imidazole rings is 1. The monoisotopic (exact) mass is 320 g/mol.